The van der Waals surface area contributed by atoms with Gasteiger partial charge in [0.05, 0.1) is 37.7 Å². The number of carbonyl (C=O) groups is 3. The second-order valence-electron chi connectivity index (χ2n) is 7.98. The number of hydrogen-bond acceptors (Lipinski definition) is 6. The number of rotatable bonds is 5. The highest BCUT2D eigenvalue weighted by Crippen LogP contribution is 2.44. The number of thioether (sulfide) groups is 1. The van der Waals surface area contributed by atoms with Gasteiger partial charge in [-0.25, -0.2) is 12.8 Å². The van der Waals surface area contributed by atoms with Gasteiger partial charge in [0, 0.05) is 11.3 Å². The SMILES string of the molecule is O=C1NC(=O)/C(=C2/C(=O)N(Cc3ccc(Cl)c(Cl)c3)c3ccc(S(=O)(=O)Nc4ccc(F)cc4)cc32)S1. The highest BCUT2D eigenvalue weighted by Gasteiger charge is 2.40. The van der Waals surface area contributed by atoms with Crippen molar-refractivity contribution in [3.05, 3.63) is 92.6 Å². The Morgan fingerprint density at radius 1 is 0.946 bits per heavy atom. The summed E-state index contributed by atoms with van der Waals surface area (Å²) in [5.41, 5.74) is 1.18. The predicted molar refractivity (Wildman–Crippen MR) is 139 cm³/mol. The maximum atomic E-state index is 13.5. The molecule has 2 aliphatic rings. The number of nitrogens with zero attached hydrogens (tertiary/aromatic N) is 1. The van der Waals surface area contributed by atoms with Crippen LogP contribution in [0.2, 0.25) is 10.0 Å². The van der Waals surface area contributed by atoms with Gasteiger partial charge >= 0.3 is 0 Å². The van der Waals surface area contributed by atoms with E-state index in [1.807, 2.05) is 0 Å². The number of nitrogens with one attached hydrogen (secondary N) is 2. The first kappa shape index (κ1) is 25.3. The average Bonchev–Trinajstić information content (AvgIpc) is 3.31. The molecule has 3 aromatic rings. The van der Waals surface area contributed by atoms with Crippen molar-refractivity contribution in [3.63, 3.8) is 0 Å². The highest BCUT2D eigenvalue weighted by molar-refractivity contribution is 8.18. The first-order valence-electron chi connectivity index (χ1n) is 10.5. The van der Waals surface area contributed by atoms with Crippen LogP contribution < -0.4 is 14.9 Å². The number of anilines is 2. The predicted octanol–water partition coefficient (Wildman–Crippen LogP) is 5.17. The van der Waals surface area contributed by atoms with Gasteiger partial charge in [0.25, 0.3) is 27.1 Å². The van der Waals surface area contributed by atoms with Crippen LogP contribution in [0.1, 0.15) is 11.1 Å². The lowest BCUT2D eigenvalue weighted by Crippen LogP contribution is -2.26. The minimum atomic E-state index is -4.15. The fourth-order valence-electron chi connectivity index (χ4n) is 3.89. The summed E-state index contributed by atoms with van der Waals surface area (Å²) in [5, 5.41) is 2.09. The first-order valence-corrected chi connectivity index (χ1v) is 13.5. The zero-order valence-electron chi connectivity index (χ0n) is 18.4. The fourth-order valence-corrected chi connectivity index (χ4v) is 6.06. The van der Waals surface area contributed by atoms with Crippen LogP contribution in [0.4, 0.5) is 20.6 Å². The molecule has 2 heterocycles. The van der Waals surface area contributed by atoms with Gasteiger partial charge in [-0.05, 0) is 71.9 Å². The van der Waals surface area contributed by atoms with Crippen molar-refractivity contribution >= 4 is 79.0 Å². The Kier molecular flexibility index (Phi) is 6.48. The maximum Gasteiger partial charge on any atom is 0.290 e. The molecule has 3 amide bonds. The fraction of sp³-hybridized carbons (Fsp3) is 0.0417. The van der Waals surface area contributed by atoms with E-state index in [9.17, 15) is 27.2 Å². The molecule has 0 saturated carbocycles. The molecule has 1 saturated heterocycles. The molecule has 0 radical (unpaired) electrons. The number of sulfonamides is 1. The third-order valence-corrected chi connectivity index (χ3v) is 8.56. The van der Waals surface area contributed by atoms with Crippen LogP contribution in [-0.2, 0) is 26.2 Å². The van der Waals surface area contributed by atoms with Gasteiger partial charge in [0.2, 0.25) is 0 Å². The minimum Gasteiger partial charge on any atom is -0.303 e. The Balaban J connectivity index is 1.60. The lowest BCUT2D eigenvalue weighted by molar-refractivity contribution is -0.116. The molecular weight excluding hydrogens is 564 g/mol. The van der Waals surface area contributed by atoms with E-state index in [1.54, 1.807) is 18.2 Å². The van der Waals surface area contributed by atoms with Crippen LogP contribution in [0, 0.1) is 5.82 Å². The molecule has 0 bridgehead atoms. The zero-order chi connectivity index (χ0) is 26.5. The number of carbonyl (C=O) groups excluding carboxylic acids is 3. The Bertz CT molecular complexity index is 1640. The number of imide groups is 1. The van der Waals surface area contributed by atoms with Crippen LogP contribution in [0.15, 0.2) is 70.5 Å². The standard InChI is InChI=1S/C24H14Cl2FN3O5S2/c25-17-7-1-12(9-18(17)26)11-30-19-8-6-15(37(34,35)29-14-4-2-13(27)3-5-14)10-16(19)20(23(30)32)21-22(31)28-24(33)36-21/h1-10,29H,11H2,(H,28,31,33)/b21-20-. The van der Waals surface area contributed by atoms with Crippen LogP contribution >= 0.6 is 35.0 Å². The zero-order valence-corrected chi connectivity index (χ0v) is 21.6. The molecule has 13 heteroatoms. The smallest absolute Gasteiger partial charge is 0.290 e. The summed E-state index contributed by atoms with van der Waals surface area (Å²) in [6.45, 7) is 0.0413. The summed E-state index contributed by atoms with van der Waals surface area (Å²) in [6, 6.07) is 13.6. The highest BCUT2D eigenvalue weighted by atomic mass is 35.5. The first-order chi connectivity index (χ1) is 17.5. The van der Waals surface area contributed by atoms with E-state index in [0.717, 1.165) is 12.1 Å². The largest absolute Gasteiger partial charge is 0.303 e. The van der Waals surface area contributed by atoms with Crippen molar-refractivity contribution in [1.82, 2.24) is 5.32 Å². The third kappa shape index (κ3) is 4.82. The monoisotopic (exact) mass is 577 g/mol. The molecule has 0 aromatic heterocycles. The van der Waals surface area contributed by atoms with Crippen molar-refractivity contribution in [2.24, 2.45) is 0 Å². The van der Waals surface area contributed by atoms with Gasteiger partial charge in [-0.1, -0.05) is 29.3 Å². The summed E-state index contributed by atoms with van der Waals surface area (Å²) >= 11 is 12.7. The summed E-state index contributed by atoms with van der Waals surface area (Å²) in [7, 11) is -4.15. The molecule has 1 fully saturated rings. The number of benzene rings is 3. The molecule has 0 unspecified atom stereocenters. The maximum absolute atomic E-state index is 13.5. The van der Waals surface area contributed by atoms with E-state index in [2.05, 4.69) is 10.0 Å². The Morgan fingerprint density at radius 2 is 1.68 bits per heavy atom. The van der Waals surface area contributed by atoms with Crippen LogP contribution in [0.25, 0.3) is 5.57 Å². The lowest BCUT2D eigenvalue weighted by Gasteiger charge is -2.18. The van der Waals surface area contributed by atoms with Gasteiger partial charge in [-0.3, -0.25) is 24.4 Å². The topological polar surface area (TPSA) is 113 Å². The summed E-state index contributed by atoms with van der Waals surface area (Å²) < 4.78 is 41.7. The summed E-state index contributed by atoms with van der Waals surface area (Å²) in [4.78, 5) is 38.9. The van der Waals surface area contributed by atoms with Crippen molar-refractivity contribution in [3.8, 4) is 0 Å². The van der Waals surface area contributed by atoms with Crippen LogP contribution in [-0.4, -0.2) is 25.5 Å². The second-order valence-corrected chi connectivity index (χ2v) is 11.5. The molecule has 3 aromatic carbocycles. The summed E-state index contributed by atoms with van der Waals surface area (Å²) in [5.74, 6) is -1.87. The Hall–Kier alpha value is -3.38. The Labute approximate surface area is 224 Å². The molecular formula is C24H14Cl2FN3O5S2. The molecule has 188 valence electrons. The number of halogens is 3. The molecule has 37 heavy (non-hydrogen) atoms. The van der Waals surface area contributed by atoms with E-state index in [4.69, 9.17) is 23.2 Å². The van der Waals surface area contributed by atoms with Crippen molar-refractivity contribution in [1.29, 1.82) is 0 Å². The van der Waals surface area contributed by atoms with Gasteiger partial charge in [0.1, 0.15) is 5.82 Å². The molecule has 2 aliphatic heterocycles. The van der Waals surface area contributed by atoms with Gasteiger partial charge in [-0.2, -0.15) is 0 Å². The Morgan fingerprint density at radius 3 is 2.32 bits per heavy atom. The third-order valence-electron chi connectivity index (χ3n) is 5.56. The molecule has 0 spiro atoms. The normalized spacial score (nSPS) is 17.3. The van der Waals surface area contributed by atoms with Gasteiger partial charge in [-0.15, -0.1) is 0 Å². The minimum absolute atomic E-state index is 0.0413. The number of amides is 3. The summed E-state index contributed by atoms with van der Waals surface area (Å²) in [6.07, 6.45) is 0. The van der Waals surface area contributed by atoms with Gasteiger partial charge < -0.3 is 4.90 Å². The molecule has 5 rings (SSSR count). The van der Waals surface area contributed by atoms with E-state index < -0.39 is 32.9 Å². The van der Waals surface area contributed by atoms with Crippen molar-refractivity contribution in [2.75, 3.05) is 9.62 Å². The quantitative estimate of drug-likeness (QED) is 0.404. The second kappa shape index (κ2) is 9.49. The van der Waals surface area contributed by atoms with E-state index in [-0.39, 0.29) is 38.2 Å². The van der Waals surface area contributed by atoms with Gasteiger partial charge in [0.15, 0.2) is 0 Å². The lowest BCUT2D eigenvalue weighted by atomic mass is 10.1. The van der Waals surface area contributed by atoms with Crippen LogP contribution in [0.5, 0.6) is 0 Å². The van der Waals surface area contributed by atoms with E-state index in [1.165, 1.54) is 35.2 Å². The molecule has 2 N–H and O–H groups in total. The number of fused-ring (bicyclic) bond motifs is 1. The average molecular weight is 578 g/mol. The molecule has 0 atom stereocenters. The van der Waals surface area contributed by atoms with E-state index >= 15 is 0 Å². The molecule has 0 aliphatic carbocycles. The van der Waals surface area contributed by atoms with E-state index in [0.29, 0.717) is 28.0 Å². The molecule has 8 nitrogen and oxygen atoms in total. The van der Waals surface area contributed by atoms with Crippen LogP contribution in [0.3, 0.4) is 0 Å². The number of hydrogen-bond donors (Lipinski definition) is 2. The van der Waals surface area contributed by atoms with Crippen molar-refractivity contribution < 1.29 is 27.2 Å². The van der Waals surface area contributed by atoms with Crippen molar-refractivity contribution in [2.45, 2.75) is 11.4 Å².